The van der Waals surface area contributed by atoms with Gasteiger partial charge in [-0.25, -0.2) is 0 Å². The Balaban J connectivity index is 2.20. The molecule has 1 aliphatic rings. The van der Waals surface area contributed by atoms with Crippen LogP contribution in [0.4, 0.5) is 13.2 Å². The molecule has 1 aromatic carbocycles. The molecule has 1 atom stereocenters. The van der Waals surface area contributed by atoms with E-state index in [9.17, 15) is 18.0 Å². The minimum Gasteiger partial charge on any atom is -0.480 e. The number of ether oxygens (including phenoxy) is 2. The van der Waals surface area contributed by atoms with E-state index >= 15 is 0 Å². The van der Waals surface area contributed by atoms with E-state index in [4.69, 9.17) is 14.6 Å². The average Bonchev–Trinajstić information content (AvgIpc) is 2.81. The highest BCUT2D eigenvalue weighted by atomic mass is 19.4. The number of carbonyl (C=O) groups is 1. The lowest BCUT2D eigenvalue weighted by atomic mass is 10.1. The summed E-state index contributed by atoms with van der Waals surface area (Å²) in [6, 6.07) is 4.04. The summed E-state index contributed by atoms with van der Waals surface area (Å²) in [6.07, 6.45) is -4.47. The number of halogens is 3. The molecule has 5 nitrogen and oxygen atoms in total. The highest BCUT2D eigenvalue weighted by molar-refractivity contribution is 5.69. The quantitative estimate of drug-likeness (QED) is 0.905. The van der Waals surface area contributed by atoms with Crippen LogP contribution < -0.4 is 9.47 Å². The number of hydrogen-bond donors (Lipinski definition) is 1. The Morgan fingerprint density at radius 1 is 1.38 bits per heavy atom. The summed E-state index contributed by atoms with van der Waals surface area (Å²) in [5, 5.41) is 8.78. The summed E-state index contributed by atoms with van der Waals surface area (Å²) < 4.78 is 48.0. The Morgan fingerprint density at radius 2 is 2.05 bits per heavy atom. The van der Waals surface area contributed by atoms with Crippen LogP contribution in [-0.4, -0.2) is 42.0 Å². The van der Waals surface area contributed by atoms with Gasteiger partial charge in [0.2, 0.25) is 6.79 Å². The summed E-state index contributed by atoms with van der Waals surface area (Å²) >= 11 is 0. The van der Waals surface area contributed by atoms with E-state index < -0.39 is 31.3 Å². The summed E-state index contributed by atoms with van der Waals surface area (Å²) in [6.45, 7) is -0.412. The van der Waals surface area contributed by atoms with E-state index in [1.54, 1.807) is 18.2 Å². The van der Waals surface area contributed by atoms with E-state index in [0.29, 0.717) is 17.1 Å². The number of carboxylic acids is 1. The van der Waals surface area contributed by atoms with Gasteiger partial charge in [0.05, 0.1) is 13.1 Å². The van der Waals surface area contributed by atoms with Gasteiger partial charge in [0.15, 0.2) is 11.5 Å². The molecule has 0 saturated carbocycles. The minimum absolute atomic E-state index is 0.0640. The maximum atomic E-state index is 12.6. The van der Waals surface area contributed by atoms with Gasteiger partial charge in [-0.1, -0.05) is 6.07 Å². The van der Waals surface area contributed by atoms with Crippen LogP contribution in [-0.2, 0) is 4.79 Å². The first kappa shape index (κ1) is 15.4. The van der Waals surface area contributed by atoms with Crippen molar-refractivity contribution < 1.29 is 32.5 Å². The van der Waals surface area contributed by atoms with Crippen molar-refractivity contribution in [2.24, 2.45) is 0 Å². The van der Waals surface area contributed by atoms with E-state index in [2.05, 4.69) is 0 Å². The van der Waals surface area contributed by atoms with Gasteiger partial charge in [0.25, 0.3) is 0 Å². The number of nitrogens with zero attached hydrogens (tertiary/aromatic N) is 1. The first-order valence-electron chi connectivity index (χ1n) is 6.18. The number of hydrogen-bond acceptors (Lipinski definition) is 4. The van der Waals surface area contributed by atoms with Crippen LogP contribution in [0.2, 0.25) is 0 Å². The summed E-state index contributed by atoms with van der Waals surface area (Å²) in [5.41, 5.74) is 0.532. The topological polar surface area (TPSA) is 59.0 Å². The van der Waals surface area contributed by atoms with Gasteiger partial charge in [-0.15, -0.1) is 0 Å². The average molecular weight is 305 g/mol. The van der Waals surface area contributed by atoms with Crippen molar-refractivity contribution in [3.05, 3.63) is 23.8 Å². The summed E-state index contributed by atoms with van der Waals surface area (Å²) in [5.74, 6) is -0.347. The van der Waals surface area contributed by atoms with Crippen molar-refractivity contribution in [1.82, 2.24) is 4.90 Å². The Labute approximate surface area is 118 Å². The molecule has 1 heterocycles. The molecule has 8 heteroatoms. The molecule has 21 heavy (non-hydrogen) atoms. The van der Waals surface area contributed by atoms with Gasteiger partial charge in [0.1, 0.15) is 0 Å². The van der Waals surface area contributed by atoms with Gasteiger partial charge in [-0.05, 0) is 24.6 Å². The van der Waals surface area contributed by atoms with Gasteiger partial charge >= 0.3 is 12.1 Å². The summed E-state index contributed by atoms with van der Waals surface area (Å²) in [4.78, 5) is 11.6. The van der Waals surface area contributed by atoms with E-state index in [1.165, 1.54) is 6.92 Å². The Morgan fingerprint density at radius 3 is 2.67 bits per heavy atom. The molecule has 0 bridgehead atoms. The Bertz CT molecular complexity index is 533. The first-order valence-corrected chi connectivity index (χ1v) is 6.18. The summed E-state index contributed by atoms with van der Waals surface area (Å²) in [7, 11) is 0. The fourth-order valence-corrected chi connectivity index (χ4v) is 2.12. The number of fused-ring (bicyclic) bond motifs is 1. The fraction of sp³-hybridized carbons (Fsp3) is 0.462. The second kappa shape index (κ2) is 5.80. The SMILES string of the molecule is CC(c1ccc2c(c1)OCO2)N(CC(=O)O)CC(F)(F)F. The lowest BCUT2D eigenvalue weighted by Gasteiger charge is -2.28. The minimum atomic E-state index is -4.47. The van der Waals surface area contributed by atoms with Crippen molar-refractivity contribution in [1.29, 1.82) is 0 Å². The smallest absolute Gasteiger partial charge is 0.401 e. The zero-order valence-electron chi connectivity index (χ0n) is 11.2. The molecule has 1 aliphatic heterocycles. The van der Waals surface area contributed by atoms with Crippen molar-refractivity contribution >= 4 is 5.97 Å². The van der Waals surface area contributed by atoms with Crippen LogP contribution in [0.5, 0.6) is 11.5 Å². The molecule has 1 unspecified atom stereocenters. The van der Waals surface area contributed by atoms with Crippen LogP contribution in [0.3, 0.4) is 0 Å². The lowest BCUT2D eigenvalue weighted by Crippen LogP contribution is -2.39. The van der Waals surface area contributed by atoms with Gasteiger partial charge < -0.3 is 14.6 Å². The van der Waals surface area contributed by atoms with E-state index in [-0.39, 0.29) is 6.79 Å². The lowest BCUT2D eigenvalue weighted by molar-refractivity contribution is -0.157. The van der Waals surface area contributed by atoms with E-state index in [0.717, 1.165) is 4.90 Å². The third kappa shape index (κ3) is 4.01. The molecule has 116 valence electrons. The third-order valence-corrected chi connectivity index (χ3v) is 3.15. The number of alkyl halides is 3. The van der Waals surface area contributed by atoms with Crippen molar-refractivity contribution in [3.8, 4) is 11.5 Å². The van der Waals surface area contributed by atoms with Crippen molar-refractivity contribution in [3.63, 3.8) is 0 Å². The van der Waals surface area contributed by atoms with Crippen LogP contribution in [0, 0.1) is 0 Å². The Kier molecular flexibility index (Phi) is 4.26. The predicted molar refractivity (Wildman–Crippen MR) is 66.2 cm³/mol. The number of aliphatic carboxylic acids is 1. The largest absolute Gasteiger partial charge is 0.480 e. The zero-order valence-corrected chi connectivity index (χ0v) is 11.2. The molecule has 0 saturated heterocycles. The maximum absolute atomic E-state index is 12.6. The number of benzene rings is 1. The van der Waals surface area contributed by atoms with Crippen LogP contribution in [0.15, 0.2) is 18.2 Å². The first-order chi connectivity index (χ1) is 9.76. The van der Waals surface area contributed by atoms with Crippen molar-refractivity contribution in [2.75, 3.05) is 19.9 Å². The molecular weight excluding hydrogens is 291 g/mol. The van der Waals surface area contributed by atoms with Crippen molar-refractivity contribution in [2.45, 2.75) is 19.1 Å². The highest BCUT2D eigenvalue weighted by Gasteiger charge is 2.34. The normalized spacial score (nSPS) is 15.3. The molecule has 1 aromatic rings. The molecule has 1 N–H and O–H groups in total. The maximum Gasteiger partial charge on any atom is 0.401 e. The van der Waals surface area contributed by atoms with Crippen LogP contribution in [0.25, 0.3) is 0 Å². The monoisotopic (exact) mass is 305 g/mol. The fourth-order valence-electron chi connectivity index (χ4n) is 2.12. The van der Waals surface area contributed by atoms with Crippen LogP contribution >= 0.6 is 0 Å². The number of rotatable bonds is 5. The molecule has 0 amide bonds. The van der Waals surface area contributed by atoms with Gasteiger partial charge in [-0.3, -0.25) is 9.69 Å². The molecular formula is C13H14F3NO4. The molecule has 0 aliphatic carbocycles. The third-order valence-electron chi connectivity index (χ3n) is 3.15. The molecule has 0 spiro atoms. The zero-order chi connectivity index (χ0) is 15.6. The van der Waals surface area contributed by atoms with Gasteiger partial charge in [-0.2, -0.15) is 13.2 Å². The highest BCUT2D eigenvalue weighted by Crippen LogP contribution is 2.35. The molecule has 0 radical (unpaired) electrons. The molecule has 0 fully saturated rings. The number of carboxylic acid groups (broad SMARTS) is 1. The second-order valence-corrected chi connectivity index (χ2v) is 4.70. The molecule has 2 rings (SSSR count). The molecule has 0 aromatic heterocycles. The van der Waals surface area contributed by atoms with Gasteiger partial charge in [0, 0.05) is 6.04 Å². The standard InChI is InChI=1S/C13H14F3NO4/c1-8(17(5-12(18)19)6-13(14,15)16)9-2-3-10-11(4-9)21-7-20-10/h2-4,8H,5-7H2,1H3,(H,18,19). The Hall–Kier alpha value is -1.96. The van der Waals surface area contributed by atoms with Crippen LogP contribution in [0.1, 0.15) is 18.5 Å². The second-order valence-electron chi connectivity index (χ2n) is 4.70. The predicted octanol–water partition coefficient (Wildman–Crippen LogP) is 2.43. The van der Waals surface area contributed by atoms with E-state index in [1.807, 2.05) is 0 Å².